The Morgan fingerprint density at radius 1 is 1.44 bits per heavy atom. The van der Waals surface area contributed by atoms with E-state index >= 15 is 0 Å². The first-order valence-electron chi connectivity index (χ1n) is 6.49. The van der Waals surface area contributed by atoms with Gasteiger partial charge < -0.3 is 4.90 Å². The molecule has 1 atom stereocenters. The maximum atomic E-state index is 11.4. The van der Waals surface area contributed by atoms with Gasteiger partial charge in [0.1, 0.15) is 5.78 Å². The minimum atomic E-state index is 0.208. The highest BCUT2D eigenvalue weighted by molar-refractivity contribution is 7.99. The van der Waals surface area contributed by atoms with Crippen LogP contribution in [0.3, 0.4) is 0 Å². The van der Waals surface area contributed by atoms with Gasteiger partial charge in [0.15, 0.2) is 0 Å². The average Bonchev–Trinajstić information content (AvgIpc) is 2.35. The number of carbonyl (C=O) groups excluding carboxylic acids is 1. The summed E-state index contributed by atoms with van der Waals surface area (Å²) in [4.78, 5) is 14.9. The van der Waals surface area contributed by atoms with Gasteiger partial charge in [-0.2, -0.15) is 0 Å². The van der Waals surface area contributed by atoms with Crippen molar-refractivity contribution in [3.63, 3.8) is 0 Å². The third kappa shape index (κ3) is 3.15. The number of rotatable bonds is 4. The van der Waals surface area contributed by atoms with Gasteiger partial charge in [-0.05, 0) is 56.8 Å². The predicted octanol–water partition coefficient (Wildman–Crippen LogP) is 3.31. The molecule has 0 radical (unpaired) electrons. The first-order valence-corrected chi connectivity index (χ1v) is 7.48. The molecule has 98 valence electrons. The lowest BCUT2D eigenvalue weighted by Crippen LogP contribution is -2.22. The molecule has 0 aromatic heterocycles. The molecule has 2 rings (SSSR count). The Morgan fingerprint density at radius 2 is 2.22 bits per heavy atom. The van der Waals surface area contributed by atoms with Crippen LogP contribution in [0.15, 0.2) is 23.1 Å². The minimum Gasteiger partial charge on any atom is -0.302 e. The van der Waals surface area contributed by atoms with Crippen molar-refractivity contribution >= 4 is 17.5 Å². The quantitative estimate of drug-likeness (QED) is 0.831. The zero-order chi connectivity index (χ0) is 13.1. The van der Waals surface area contributed by atoms with E-state index in [1.165, 1.54) is 34.6 Å². The Labute approximate surface area is 114 Å². The van der Waals surface area contributed by atoms with Crippen LogP contribution in [0.1, 0.15) is 36.9 Å². The Kier molecular flexibility index (Phi) is 4.46. The number of hydrogen-bond donors (Lipinski definition) is 0. The summed E-state index contributed by atoms with van der Waals surface area (Å²) < 4.78 is 0. The lowest BCUT2D eigenvalue weighted by atomic mass is 9.97. The van der Waals surface area contributed by atoms with E-state index in [1.807, 2.05) is 25.9 Å². The fourth-order valence-corrected chi connectivity index (χ4v) is 3.48. The van der Waals surface area contributed by atoms with Crippen LogP contribution in [-0.2, 0) is 11.2 Å². The molecule has 1 aliphatic rings. The maximum Gasteiger partial charge on any atom is 0.131 e. The van der Waals surface area contributed by atoms with Crippen LogP contribution in [0.2, 0.25) is 0 Å². The van der Waals surface area contributed by atoms with Crippen LogP contribution < -0.4 is 0 Å². The van der Waals surface area contributed by atoms with Crippen molar-refractivity contribution in [2.24, 2.45) is 0 Å². The zero-order valence-corrected chi connectivity index (χ0v) is 12.2. The molecule has 1 aromatic carbocycles. The summed E-state index contributed by atoms with van der Waals surface area (Å²) in [6.45, 7) is 1.67. The third-order valence-electron chi connectivity index (χ3n) is 3.42. The number of nitrogens with zero attached hydrogens (tertiary/aromatic N) is 1. The monoisotopic (exact) mass is 263 g/mol. The lowest BCUT2D eigenvalue weighted by Gasteiger charge is -2.25. The van der Waals surface area contributed by atoms with E-state index in [1.54, 1.807) is 6.92 Å². The van der Waals surface area contributed by atoms with Crippen LogP contribution in [0, 0.1) is 0 Å². The molecule has 18 heavy (non-hydrogen) atoms. The van der Waals surface area contributed by atoms with Gasteiger partial charge in [0.25, 0.3) is 0 Å². The first-order chi connectivity index (χ1) is 8.58. The van der Waals surface area contributed by atoms with E-state index < -0.39 is 0 Å². The van der Waals surface area contributed by atoms with Crippen LogP contribution >= 0.6 is 11.8 Å². The molecule has 3 heteroatoms. The smallest absolute Gasteiger partial charge is 0.131 e. The second-order valence-corrected chi connectivity index (χ2v) is 6.34. The number of hydrogen-bond acceptors (Lipinski definition) is 3. The fourth-order valence-electron chi connectivity index (χ4n) is 2.46. The number of benzene rings is 1. The average molecular weight is 263 g/mol. The minimum absolute atomic E-state index is 0.208. The highest BCUT2D eigenvalue weighted by Gasteiger charge is 2.18. The molecule has 0 aliphatic carbocycles. The fraction of sp³-hybridized carbons (Fsp3) is 0.533. The molecule has 0 amide bonds. The normalized spacial score (nSPS) is 16.4. The van der Waals surface area contributed by atoms with E-state index in [-0.39, 0.29) is 11.8 Å². The molecule has 1 aromatic rings. The topological polar surface area (TPSA) is 20.3 Å². The number of fused-ring (bicyclic) bond motifs is 1. The van der Waals surface area contributed by atoms with Crippen molar-refractivity contribution in [1.29, 1.82) is 0 Å². The molecule has 0 fully saturated rings. The van der Waals surface area contributed by atoms with Gasteiger partial charge in [-0.3, -0.25) is 4.79 Å². The summed E-state index contributed by atoms with van der Waals surface area (Å²) in [5, 5.41) is 0. The zero-order valence-electron chi connectivity index (χ0n) is 11.4. The van der Waals surface area contributed by atoms with Crippen LogP contribution in [0.4, 0.5) is 0 Å². The highest BCUT2D eigenvalue weighted by atomic mass is 32.2. The van der Waals surface area contributed by atoms with Crippen molar-refractivity contribution in [3.8, 4) is 0 Å². The van der Waals surface area contributed by atoms with Gasteiger partial charge in [-0.15, -0.1) is 11.8 Å². The lowest BCUT2D eigenvalue weighted by molar-refractivity contribution is -0.118. The summed E-state index contributed by atoms with van der Waals surface area (Å²) in [6, 6.07) is 6.92. The van der Waals surface area contributed by atoms with Gasteiger partial charge in [-0.25, -0.2) is 0 Å². The number of ketones is 1. The Balaban J connectivity index is 2.27. The van der Waals surface area contributed by atoms with Crippen molar-refractivity contribution < 1.29 is 4.79 Å². The van der Waals surface area contributed by atoms with Gasteiger partial charge in [0.05, 0.1) is 0 Å². The molecule has 1 aliphatic heterocycles. The summed E-state index contributed by atoms with van der Waals surface area (Å²) in [7, 11) is 4.09. The summed E-state index contributed by atoms with van der Waals surface area (Å²) in [5.74, 6) is 1.48. The van der Waals surface area contributed by atoms with Crippen molar-refractivity contribution in [2.45, 2.75) is 37.1 Å². The highest BCUT2D eigenvalue weighted by Crippen LogP contribution is 2.33. The summed E-state index contributed by atoms with van der Waals surface area (Å²) >= 11 is 1.95. The maximum absolute atomic E-state index is 11.4. The first kappa shape index (κ1) is 13.6. The molecule has 0 saturated heterocycles. The predicted molar refractivity (Wildman–Crippen MR) is 77.2 cm³/mol. The van der Waals surface area contributed by atoms with Gasteiger partial charge in [-0.1, -0.05) is 12.1 Å². The molecule has 0 bridgehead atoms. The Morgan fingerprint density at radius 3 is 2.89 bits per heavy atom. The molecule has 1 heterocycles. The second kappa shape index (κ2) is 5.89. The van der Waals surface area contributed by atoms with E-state index in [4.69, 9.17) is 0 Å². The van der Waals surface area contributed by atoms with Gasteiger partial charge in [0, 0.05) is 17.4 Å². The standard InChI is InChI=1S/C15H21NOS/c1-11(17)9-14(16(2)3)12-6-7-15-13(10-12)5-4-8-18-15/h6-7,10,14H,4-5,8-9H2,1-3H3. The van der Waals surface area contributed by atoms with Crippen LogP contribution in [0.5, 0.6) is 0 Å². The van der Waals surface area contributed by atoms with Crippen LogP contribution in [-0.4, -0.2) is 30.5 Å². The Bertz CT molecular complexity index is 442. The molecule has 0 N–H and O–H groups in total. The summed E-state index contributed by atoms with van der Waals surface area (Å²) in [5.41, 5.74) is 2.73. The SMILES string of the molecule is CC(=O)CC(c1ccc2c(c1)CCCS2)N(C)C. The van der Waals surface area contributed by atoms with Gasteiger partial charge in [0.2, 0.25) is 0 Å². The number of Topliss-reactive ketones (excluding diaryl/α,β-unsaturated/α-hetero) is 1. The van der Waals surface area contributed by atoms with E-state index in [0.717, 1.165) is 0 Å². The second-order valence-electron chi connectivity index (χ2n) is 5.20. The van der Waals surface area contributed by atoms with Crippen LogP contribution in [0.25, 0.3) is 0 Å². The third-order valence-corrected chi connectivity index (χ3v) is 4.62. The molecule has 1 unspecified atom stereocenters. The van der Waals surface area contributed by atoms with Crippen molar-refractivity contribution in [3.05, 3.63) is 29.3 Å². The molecular formula is C15H21NOS. The number of aryl methyl sites for hydroxylation is 1. The van der Waals surface area contributed by atoms with E-state index in [9.17, 15) is 4.79 Å². The number of carbonyl (C=O) groups is 1. The molecule has 0 spiro atoms. The Hall–Kier alpha value is -0.800. The molecular weight excluding hydrogens is 242 g/mol. The number of thioether (sulfide) groups is 1. The van der Waals surface area contributed by atoms with E-state index in [0.29, 0.717) is 6.42 Å². The molecule has 2 nitrogen and oxygen atoms in total. The largest absolute Gasteiger partial charge is 0.302 e. The van der Waals surface area contributed by atoms with Crippen molar-refractivity contribution in [2.75, 3.05) is 19.8 Å². The molecule has 0 saturated carbocycles. The van der Waals surface area contributed by atoms with E-state index in [2.05, 4.69) is 23.1 Å². The van der Waals surface area contributed by atoms with Crippen molar-refractivity contribution in [1.82, 2.24) is 4.90 Å². The van der Waals surface area contributed by atoms with Gasteiger partial charge >= 0.3 is 0 Å². The summed E-state index contributed by atoms with van der Waals surface area (Å²) in [6.07, 6.45) is 3.04.